The second-order valence-corrected chi connectivity index (χ2v) is 4.78. The molecule has 114 valence electrons. The van der Waals surface area contributed by atoms with E-state index in [0.717, 1.165) is 18.5 Å². The van der Waals surface area contributed by atoms with Gasteiger partial charge >= 0.3 is 0 Å². The summed E-state index contributed by atoms with van der Waals surface area (Å²) in [5, 5.41) is 12.2. The van der Waals surface area contributed by atoms with Gasteiger partial charge in [-0.15, -0.1) is 0 Å². The summed E-state index contributed by atoms with van der Waals surface area (Å²) in [4.78, 5) is 0. The molecule has 20 heavy (non-hydrogen) atoms. The lowest BCUT2D eigenvalue weighted by Crippen LogP contribution is -2.21. The molecule has 0 radical (unpaired) electrons. The zero-order valence-corrected chi connectivity index (χ0v) is 12.7. The predicted molar refractivity (Wildman–Crippen MR) is 78.7 cm³/mol. The van der Waals surface area contributed by atoms with Gasteiger partial charge in [0.1, 0.15) is 0 Å². The van der Waals surface area contributed by atoms with Gasteiger partial charge in [-0.05, 0) is 36.6 Å². The van der Waals surface area contributed by atoms with E-state index in [1.165, 1.54) is 0 Å². The van der Waals surface area contributed by atoms with Crippen LogP contribution in [0.1, 0.15) is 18.9 Å². The quantitative estimate of drug-likeness (QED) is 0.724. The number of benzene rings is 1. The van der Waals surface area contributed by atoms with Gasteiger partial charge < -0.3 is 24.6 Å². The van der Waals surface area contributed by atoms with Gasteiger partial charge in [0.15, 0.2) is 11.5 Å². The first-order chi connectivity index (χ1) is 9.65. The molecule has 1 rings (SSSR count). The van der Waals surface area contributed by atoms with Crippen LogP contribution in [0.2, 0.25) is 0 Å². The number of hydrogen-bond donors (Lipinski definition) is 2. The predicted octanol–water partition coefficient (Wildman–Crippen LogP) is 1.82. The van der Waals surface area contributed by atoms with Crippen LogP contribution in [0.15, 0.2) is 12.1 Å². The van der Waals surface area contributed by atoms with Gasteiger partial charge in [0.2, 0.25) is 5.75 Å². The molecule has 2 N–H and O–H groups in total. The highest BCUT2D eigenvalue weighted by Crippen LogP contribution is 2.38. The van der Waals surface area contributed by atoms with Crippen molar-refractivity contribution in [2.75, 3.05) is 34.5 Å². The van der Waals surface area contributed by atoms with Crippen molar-refractivity contribution in [1.29, 1.82) is 0 Å². The van der Waals surface area contributed by atoms with E-state index in [2.05, 4.69) is 12.2 Å². The van der Waals surface area contributed by atoms with Gasteiger partial charge in [0.05, 0.1) is 21.3 Å². The molecule has 0 aliphatic carbocycles. The zero-order valence-electron chi connectivity index (χ0n) is 12.7. The SMILES string of the molecule is COc1cc(CNCC(C)CCO)cc(OC)c1OC. The van der Waals surface area contributed by atoms with Crippen LogP contribution in [-0.2, 0) is 6.54 Å². The van der Waals surface area contributed by atoms with Gasteiger partial charge in [0, 0.05) is 13.2 Å². The van der Waals surface area contributed by atoms with Crippen LogP contribution in [0.5, 0.6) is 17.2 Å². The minimum absolute atomic E-state index is 0.229. The average molecular weight is 283 g/mol. The van der Waals surface area contributed by atoms with Crippen molar-refractivity contribution in [3.05, 3.63) is 17.7 Å². The summed E-state index contributed by atoms with van der Waals surface area (Å²) in [5.41, 5.74) is 1.07. The summed E-state index contributed by atoms with van der Waals surface area (Å²) in [6.07, 6.45) is 0.808. The van der Waals surface area contributed by atoms with Crippen LogP contribution in [-0.4, -0.2) is 39.6 Å². The van der Waals surface area contributed by atoms with Gasteiger partial charge in [-0.25, -0.2) is 0 Å². The minimum Gasteiger partial charge on any atom is -0.493 e. The zero-order chi connectivity index (χ0) is 15.0. The maximum Gasteiger partial charge on any atom is 0.203 e. The van der Waals surface area contributed by atoms with Crippen molar-refractivity contribution in [3.8, 4) is 17.2 Å². The largest absolute Gasteiger partial charge is 0.493 e. The lowest BCUT2D eigenvalue weighted by Gasteiger charge is -2.15. The second-order valence-electron chi connectivity index (χ2n) is 4.78. The maximum absolute atomic E-state index is 8.87. The summed E-state index contributed by atoms with van der Waals surface area (Å²) >= 11 is 0. The number of hydrogen-bond acceptors (Lipinski definition) is 5. The molecular formula is C15H25NO4. The molecule has 0 bridgehead atoms. The Morgan fingerprint density at radius 1 is 1.10 bits per heavy atom. The van der Waals surface area contributed by atoms with E-state index in [4.69, 9.17) is 19.3 Å². The summed E-state index contributed by atoms with van der Waals surface area (Å²) in [5.74, 6) is 2.37. The van der Waals surface area contributed by atoms with E-state index in [1.807, 2.05) is 12.1 Å². The van der Waals surface area contributed by atoms with Crippen molar-refractivity contribution in [2.45, 2.75) is 19.9 Å². The third-order valence-electron chi connectivity index (χ3n) is 3.17. The third kappa shape index (κ3) is 4.58. The molecule has 0 fully saturated rings. The Hall–Kier alpha value is -1.46. The van der Waals surface area contributed by atoms with Crippen molar-refractivity contribution < 1.29 is 19.3 Å². The minimum atomic E-state index is 0.229. The summed E-state index contributed by atoms with van der Waals surface area (Å²) < 4.78 is 15.9. The van der Waals surface area contributed by atoms with E-state index in [9.17, 15) is 0 Å². The van der Waals surface area contributed by atoms with Crippen LogP contribution in [0.4, 0.5) is 0 Å². The van der Waals surface area contributed by atoms with E-state index >= 15 is 0 Å². The van der Waals surface area contributed by atoms with Crippen molar-refractivity contribution in [1.82, 2.24) is 5.32 Å². The lowest BCUT2D eigenvalue weighted by atomic mass is 10.1. The molecule has 0 heterocycles. The van der Waals surface area contributed by atoms with Gasteiger partial charge in [0.25, 0.3) is 0 Å². The second kappa shape index (κ2) is 8.66. The standard InChI is InChI=1S/C15H25NO4/c1-11(5-6-17)9-16-10-12-7-13(18-2)15(20-4)14(8-12)19-3/h7-8,11,16-17H,5-6,9-10H2,1-4H3. The first-order valence-corrected chi connectivity index (χ1v) is 6.76. The number of nitrogens with one attached hydrogen (secondary N) is 1. The normalized spacial score (nSPS) is 12.1. The van der Waals surface area contributed by atoms with Crippen LogP contribution in [0.3, 0.4) is 0 Å². The highest BCUT2D eigenvalue weighted by Gasteiger charge is 2.13. The van der Waals surface area contributed by atoms with Crippen LogP contribution >= 0.6 is 0 Å². The van der Waals surface area contributed by atoms with Crippen LogP contribution in [0.25, 0.3) is 0 Å². The highest BCUT2D eigenvalue weighted by atomic mass is 16.5. The monoisotopic (exact) mass is 283 g/mol. The molecule has 1 aromatic carbocycles. The number of rotatable bonds is 9. The van der Waals surface area contributed by atoms with Gasteiger partial charge in [-0.1, -0.05) is 6.92 Å². The van der Waals surface area contributed by atoms with Crippen molar-refractivity contribution >= 4 is 0 Å². The highest BCUT2D eigenvalue weighted by molar-refractivity contribution is 5.53. The van der Waals surface area contributed by atoms with E-state index < -0.39 is 0 Å². The fourth-order valence-corrected chi connectivity index (χ4v) is 2.02. The van der Waals surface area contributed by atoms with Gasteiger partial charge in [-0.3, -0.25) is 0 Å². The number of aliphatic hydroxyl groups is 1. The molecule has 5 heteroatoms. The van der Waals surface area contributed by atoms with Crippen molar-refractivity contribution in [2.24, 2.45) is 5.92 Å². The Balaban J connectivity index is 2.71. The first kappa shape index (κ1) is 16.6. The molecule has 0 aromatic heterocycles. The van der Waals surface area contributed by atoms with Crippen LogP contribution in [0, 0.1) is 5.92 Å². The molecule has 0 amide bonds. The molecule has 1 aromatic rings. The summed E-state index contributed by atoms with van der Waals surface area (Å²) in [7, 11) is 4.81. The number of methoxy groups -OCH3 is 3. The Morgan fingerprint density at radius 3 is 2.15 bits per heavy atom. The Kier molecular flexibility index (Phi) is 7.18. The first-order valence-electron chi connectivity index (χ1n) is 6.76. The molecule has 1 unspecified atom stereocenters. The third-order valence-corrected chi connectivity index (χ3v) is 3.17. The van der Waals surface area contributed by atoms with E-state index in [-0.39, 0.29) is 6.61 Å². The molecular weight excluding hydrogens is 258 g/mol. The summed E-state index contributed by atoms with van der Waals surface area (Å²) in [6.45, 7) is 3.91. The molecule has 0 saturated carbocycles. The molecule has 0 saturated heterocycles. The maximum atomic E-state index is 8.87. The fourth-order valence-electron chi connectivity index (χ4n) is 2.02. The smallest absolute Gasteiger partial charge is 0.203 e. The average Bonchev–Trinajstić information content (AvgIpc) is 2.46. The molecule has 1 atom stereocenters. The fraction of sp³-hybridized carbons (Fsp3) is 0.600. The van der Waals surface area contributed by atoms with Gasteiger partial charge in [-0.2, -0.15) is 0 Å². The molecule has 0 spiro atoms. The molecule has 5 nitrogen and oxygen atoms in total. The number of ether oxygens (including phenoxy) is 3. The van der Waals surface area contributed by atoms with E-state index in [1.54, 1.807) is 21.3 Å². The topological polar surface area (TPSA) is 60.0 Å². The van der Waals surface area contributed by atoms with Crippen LogP contribution < -0.4 is 19.5 Å². The number of aliphatic hydroxyl groups excluding tert-OH is 1. The molecule has 0 aliphatic heterocycles. The lowest BCUT2D eigenvalue weighted by molar-refractivity contribution is 0.260. The molecule has 0 aliphatic rings. The van der Waals surface area contributed by atoms with Crippen molar-refractivity contribution in [3.63, 3.8) is 0 Å². The van der Waals surface area contributed by atoms with E-state index in [0.29, 0.717) is 29.7 Å². The Labute approximate surface area is 120 Å². The Bertz CT molecular complexity index is 384. The Morgan fingerprint density at radius 2 is 1.70 bits per heavy atom. The summed E-state index contributed by atoms with van der Waals surface area (Å²) in [6, 6.07) is 3.87.